The fourth-order valence-corrected chi connectivity index (χ4v) is 2.55. The molecule has 4 heteroatoms. The highest BCUT2D eigenvalue weighted by Crippen LogP contribution is 2.24. The molecule has 2 atom stereocenters. The Labute approximate surface area is 107 Å². The van der Waals surface area contributed by atoms with Gasteiger partial charge < -0.3 is 10.2 Å². The molecule has 1 saturated heterocycles. The standard InChI is InChI=1S/C14H20FNO2/c1-10(17)11-3-2-6-16(8-11)9-12-7-13(15)4-5-14(12)18/h4-5,7,10-11,17-18H,2-3,6,8-9H2,1H3. The molecule has 0 aliphatic carbocycles. The summed E-state index contributed by atoms with van der Waals surface area (Å²) in [5.74, 6) is 0.0805. The summed E-state index contributed by atoms with van der Waals surface area (Å²) in [4.78, 5) is 2.16. The second kappa shape index (κ2) is 5.67. The fraction of sp³-hybridized carbons (Fsp3) is 0.571. The Kier molecular flexibility index (Phi) is 4.19. The largest absolute Gasteiger partial charge is 0.508 e. The maximum absolute atomic E-state index is 13.1. The number of aliphatic hydroxyl groups excluding tert-OH is 1. The number of likely N-dealkylation sites (tertiary alicyclic amines) is 1. The predicted molar refractivity (Wildman–Crippen MR) is 67.7 cm³/mol. The van der Waals surface area contributed by atoms with Crippen LogP contribution in [0.2, 0.25) is 0 Å². The Hall–Kier alpha value is -1.13. The lowest BCUT2D eigenvalue weighted by molar-refractivity contribution is 0.0596. The summed E-state index contributed by atoms with van der Waals surface area (Å²) in [5.41, 5.74) is 0.612. The van der Waals surface area contributed by atoms with Crippen LogP contribution in [0.25, 0.3) is 0 Å². The van der Waals surface area contributed by atoms with Gasteiger partial charge in [0.15, 0.2) is 0 Å². The lowest BCUT2D eigenvalue weighted by atomic mass is 9.93. The van der Waals surface area contributed by atoms with Crippen LogP contribution < -0.4 is 0 Å². The molecule has 0 saturated carbocycles. The minimum Gasteiger partial charge on any atom is -0.508 e. The summed E-state index contributed by atoms with van der Waals surface area (Å²) in [6.45, 7) is 4.08. The Morgan fingerprint density at radius 3 is 3.00 bits per heavy atom. The Bertz CT molecular complexity index is 409. The summed E-state index contributed by atoms with van der Waals surface area (Å²) in [6, 6.07) is 4.02. The zero-order chi connectivity index (χ0) is 13.1. The monoisotopic (exact) mass is 253 g/mol. The number of hydrogen-bond donors (Lipinski definition) is 2. The molecule has 18 heavy (non-hydrogen) atoms. The smallest absolute Gasteiger partial charge is 0.123 e. The molecule has 0 radical (unpaired) electrons. The van der Waals surface area contributed by atoms with Crippen molar-refractivity contribution in [2.24, 2.45) is 5.92 Å². The lowest BCUT2D eigenvalue weighted by Gasteiger charge is -2.34. The number of phenolic OH excluding ortho intramolecular Hbond substituents is 1. The molecule has 1 fully saturated rings. The third kappa shape index (κ3) is 3.21. The van der Waals surface area contributed by atoms with E-state index in [9.17, 15) is 14.6 Å². The van der Waals surface area contributed by atoms with Crippen molar-refractivity contribution >= 4 is 0 Å². The van der Waals surface area contributed by atoms with Crippen LogP contribution in [0.1, 0.15) is 25.3 Å². The highest BCUT2D eigenvalue weighted by atomic mass is 19.1. The van der Waals surface area contributed by atoms with Gasteiger partial charge in [0.2, 0.25) is 0 Å². The number of phenols is 1. The molecule has 2 N–H and O–H groups in total. The maximum Gasteiger partial charge on any atom is 0.123 e. The molecule has 1 heterocycles. The van der Waals surface area contributed by atoms with Gasteiger partial charge in [-0.15, -0.1) is 0 Å². The normalized spacial score (nSPS) is 22.9. The fourth-order valence-electron chi connectivity index (χ4n) is 2.55. The van der Waals surface area contributed by atoms with Gasteiger partial charge in [0.25, 0.3) is 0 Å². The van der Waals surface area contributed by atoms with E-state index in [1.54, 1.807) is 0 Å². The predicted octanol–water partition coefficient (Wildman–Crippen LogP) is 2.12. The number of benzene rings is 1. The molecule has 0 aromatic heterocycles. The number of hydrogen-bond acceptors (Lipinski definition) is 3. The van der Waals surface area contributed by atoms with Gasteiger partial charge in [0.05, 0.1) is 6.10 Å². The summed E-state index contributed by atoms with van der Waals surface area (Å²) in [7, 11) is 0. The minimum atomic E-state index is -0.327. The van der Waals surface area contributed by atoms with Crippen LogP contribution in [0, 0.1) is 11.7 Å². The van der Waals surface area contributed by atoms with Gasteiger partial charge in [-0.3, -0.25) is 4.90 Å². The van der Waals surface area contributed by atoms with Crippen molar-refractivity contribution in [3.63, 3.8) is 0 Å². The molecular formula is C14H20FNO2. The van der Waals surface area contributed by atoms with E-state index in [2.05, 4.69) is 4.90 Å². The van der Waals surface area contributed by atoms with E-state index < -0.39 is 0 Å². The highest BCUT2D eigenvalue weighted by Gasteiger charge is 2.23. The van der Waals surface area contributed by atoms with E-state index in [0.29, 0.717) is 12.1 Å². The molecular weight excluding hydrogens is 233 g/mol. The van der Waals surface area contributed by atoms with E-state index in [0.717, 1.165) is 25.9 Å². The SMILES string of the molecule is CC(O)C1CCCN(Cc2cc(F)ccc2O)C1. The van der Waals surface area contributed by atoms with Crippen molar-refractivity contribution < 1.29 is 14.6 Å². The number of aliphatic hydroxyl groups is 1. The van der Waals surface area contributed by atoms with Crippen LogP contribution >= 0.6 is 0 Å². The summed E-state index contributed by atoms with van der Waals surface area (Å²) in [6.07, 6.45) is 1.75. The van der Waals surface area contributed by atoms with Crippen molar-refractivity contribution in [3.05, 3.63) is 29.6 Å². The van der Waals surface area contributed by atoms with Crippen molar-refractivity contribution in [1.82, 2.24) is 4.90 Å². The average molecular weight is 253 g/mol. The Balaban J connectivity index is 2.02. The van der Waals surface area contributed by atoms with Gasteiger partial charge in [-0.25, -0.2) is 4.39 Å². The molecule has 100 valence electrons. The average Bonchev–Trinajstić information content (AvgIpc) is 2.34. The number of aromatic hydroxyl groups is 1. The first kappa shape index (κ1) is 13.3. The van der Waals surface area contributed by atoms with Gasteiger partial charge in [-0.05, 0) is 50.4 Å². The van der Waals surface area contributed by atoms with Crippen LogP contribution in [0.5, 0.6) is 5.75 Å². The van der Waals surface area contributed by atoms with E-state index in [1.807, 2.05) is 6.92 Å². The second-order valence-corrected chi connectivity index (χ2v) is 5.15. The molecule has 1 aromatic carbocycles. The Morgan fingerprint density at radius 1 is 1.50 bits per heavy atom. The number of halogens is 1. The van der Waals surface area contributed by atoms with E-state index in [4.69, 9.17) is 0 Å². The van der Waals surface area contributed by atoms with Crippen molar-refractivity contribution in [3.8, 4) is 5.75 Å². The minimum absolute atomic E-state index is 0.135. The van der Waals surface area contributed by atoms with Crippen molar-refractivity contribution in [1.29, 1.82) is 0 Å². The van der Waals surface area contributed by atoms with Gasteiger partial charge in [-0.1, -0.05) is 0 Å². The highest BCUT2D eigenvalue weighted by molar-refractivity contribution is 5.32. The number of rotatable bonds is 3. The van der Waals surface area contributed by atoms with Gasteiger partial charge in [-0.2, -0.15) is 0 Å². The molecule has 3 nitrogen and oxygen atoms in total. The molecule has 1 aliphatic rings. The first-order chi connectivity index (χ1) is 8.56. The summed E-state index contributed by atoms with van der Waals surface area (Å²) in [5, 5.41) is 19.3. The molecule has 0 amide bonds. The van der Waals surface area contributed by atoms with Gasteiger partial charge in [0.1, 0.15) is 11.6 Å². The summed E-state index contributed by atoms with van der Waals surface area (Å²) < 4.78 is 13.1. The zero-order valence-corrected chi connectivity index (χ0v) is 10.6. The molecule has 0 spiro atoms. The third-order valence-electron chi connectivity index (χ3n) is 3.66. The van der Waals surface area contributed by atoms with E-state index in [1.165, 1.54) is 18.2 Å². The van der Waals surface area contributed by atoms with E-state index in [-0.39, 0.29) is 23.6 Å². The third-order valence-corrected chi connectivity index (χ3v) is 3.66. The first-order valence-corrected chi connectivity index (χ1v) is 6.44. The second-order valence-electron chi connectivity index (χ2n) is 5.15. The number of piperidine rings is 1. The quantitative estimate of drug-likeness (QED) is 0.867. The van der Waals surface area contributed by atoms with E-state index >= 15 is 0 Å². The van der Waals surface area contributed by atoms with Gasteiger partial charge >= 0.3 is 0 Å². The van der Waals surface area contributed by atoms with Crippen LogP contribution in [0.4, 0.5) is 4.39 Å². The molecule has 1 aliphatic heterocycles. The van der Waals surface area contributed by atoms with Crippen LogP contribution in [0.15, 0.2) is 18.2 Å². The van der Waals surface area contributed by atoms with Crippen LogP contribution in [-0.2, 0) is 6.54 Å². The molecule has 2 unspecified atom stereocenters. The van der Waals surface area contributed by atoms with Crippen LogP contribution in [-0.4, -0.2) is 34.3 Å². The first-order valence-electron chi connectivity index (χ1n) is 6.44. The topological polar surface area (TPSA) is 43.7 Å². The number of nitrogens with zero attached hydrogens (tertiary/aromatic N) is 1. The van der Waals surface area contributed by atoms with Crippen molar-refractivity contribution in [2.45, 2.75) is 32.4 Å². The maximum atomic E-state index is 13.1. The molecule has 1 aromatic rings. The lowest BCUT2D eigenvalue weighted by Crippen LogP contribution is -2.39. The zero-order valence-electron chi connectivity index (χ0n) is 10.6. The Morgan fingerprint density at radius 2 is 2.28 bits per heavy atom. The van der Waals surface area contributed by atoms with Crippen molar-refractivity contribution in [2.75, 3.05) is 13.1 Å². The van der Waals surface area contributed by atoms with Crippen LogP contribution in [0.3, 0.4) is 0 Å². The summed E-state index contributed by atoms with van der Waals surface area (Å²) >= 11 is 0. The van der Waals surface area contributed by atoms with Gasteiger partial charge in [0, 0.05) is 18.7 Å². The molecule has 2 rings (SSSR count). The molecule has 0 bridgehead atoms.